The van der Waals surface area contributed by atoms with Crippen LogP contribution in [-0.2, 0) is 14.8 Å². The van der Waals surface area contributed by atoms with E-state index in [1.807, 2.05) is 0 Å². The van der Waals surface area contributed by atoms with Gasteiger partial charge in [0.1, 0.15) is 10.9 Å². The number of piperidine rings is 1. The molecular weight excluding hydrogens is 465 g/mol. The lowest BCUT2D eigenvalue weighted by atomic mass is 10.0. The minimum absolute atomic E-state index is 0.000379. The molecule has 2 aromatic carbocycles. The van der Waals surface area contributed by atoms with Crippen LogP contribution in [0.4, 0.5) is 5.69 Å². The monoisotopic (exact) mass is 479 g/mol. The van der Waals surface area contributed by atoms with Crippen LogP contribution in [0, 0.1) is 0 Å². The van der Waals surface area contributed by atoms with Crippen molar-refractivity contribution in [3.63, 3.8) is 0 Å². The smallest absolute Gasteiger partial charge is 0.263 e. The van der Waals surface area contributed by atoms with Crippen molar-refractivity contribution in [2.45, 2.75) is 23.8 Å². The van der Waals surface area contributed by atoms with E-state index in [2.05, 4.69) is 16.6 Å². The summed E-state index contributed by atoms with van der Waals surface area (Å²) >= 11 is 11.9. The molecule has 2 aliphatic heterocycles. The normalized spacial score (nSPS) is 18.8. The molecule has 0 bridgehead atoms. The Labute approximate surface area is 187 Å². The first-order valence-electron chi connectivity index (χ1n) is 9.07. The highest BCUT2D eigenvalue weighted by Crippen LogP contribution is 2.33. The molecule has 1 unspecified atom stereocenters. The molecule has 0 aromatic heterocycles. The number of nitrogens with zero attached hydrogens (tertiary/aromatic N) is 1. The lowest BCUT2D eigenvalue weighted by Crippen LogP contribution is -2.51. The number of imide groups is 1. The molecule has 2 aromatic rings. The summed E-state index contributed by atoms with van der Waals surface area (Å²) in [6, 6.07) is 7.17. The summed E-state index contributed by atoms with van der Waals surface area (Å²) in [5.41, 5.74) is 0.666. The zero-order valence-electron chi connectivity index (χ0n) is 15.8. The number of carbonyl (C=O) groups is 3. The van der Waals surface area contributed by atoms with Crippen LogP contribution in [0.2, 0.25) is 10.0 Å². The molecule has 0 radical (unpaired) electrons. The third-order valence-corrected chi connectivity index (χ3v) is 7.36. The number of fused-ring (bicyclic) bond motifs is 1. The molecule has 2 heterocycles. The van der Waals surface area contributed by atoms with Gasteiger partial charge in [-0.1, -0.05) is 35.8 Å². The van der Waals surface area contributed by atoms with Gasteiger partial charge in [0.25, 0.3) is 21.8 Å². The van der Waals surface area contributed by atoms with Crippen LogP contribution in [0.3, 0.4) is 0 Å². The van der Waals surface area contributed by atoms with Crippen molar-refractivity contribution in [2.75, 3.05) is 4.72 Å². The summed E-state index contributed by atoms with van der Waals surface area (Å²) in [7, 11) is -4.11. The molecule has 1 saturated heterocycles. The molecular formula is C20H15Cl2N3O5S. The Morgan fingerprint density at radius 2 is 1.77 bits per heavy atom. The van der Waals surface area contributed by atoms with E-state index in [0.29, 0.717) is 12.1 Å². The molecule has 0 saturated carbocycles. The number of halogens is 2. The predicted molar refractivity (Wildman–Crippen MR) is 115 cm³/mol. The molecule has 11 heteroatoms. The zero-order valence-corrected chi connectivity index (χ0v) is 18.1. The largest absolute Gasteiger partial charge is 0.329 e. The summed E-state index contributed by atoms with van der Waals surface area (Å²) in [5, 5.41) is 2.48. The standard InChI is InChI=1S/C20H15Cl2N3O5S/c1-10-5-8-15(18(26)23-10)25-19(27)12-7-6-11(9-13(12)20(25)28)24-31(29,30)16-4-2-3-14(21)17(16)22/h2-4,6-7,9,15,24H,1,5,8H2,(H,23,26). The number of anilines is 1. The van der Waals surface area contributed by atoms with Crippen molar-refractivity contribution in [1.29, 1.82) is 0 Å². The number of hydrogen-bond acceptors (Lipinski definition) is 5. The molecule has 2 N–H and O–H groups in total. The molecule has 0 aliphatic carbocycles. The van der Waals surface area contributed by atoms with Gasteiger partial charge in [-0.15, -0.1) is 0 Å². The summed E-state index contributed by atoms with van der Waals surface area (Å²) < 4.78 is 27.8. The Morgan fingerprint density at radius 3 is 2.48 bits per heavy atom. The molecule has 3 amide bonds. The Balaban J connectivity index is 1.64. The van der Waals surface area contributed by atoms with Gasteiger partial charge in [0.2, 0.25) is 5.91 Å². The lowest BCUT2D eigenvalue weighted by Gasteiger charge is -2.29. The van der Waals surface area contributed by atoms with Gasteiger partial charge in [0.05, 0.1) is 21.2 Å². The van der Waals surface area contributed by atoms with E-state index < -0.39 is 33.8 Å². The maximum atomic E-state index is 12.9. The number of benzene rings is 2. The summed E-state index contributed by atoms with van der Waals surface area (Å²) in [6.07, 6.45) is 0.706. The average Bonchev–Trinajstić information content (AvgIpc) is 2.94. The molecule has 1 atom stereocenters. The number of rotatable bonds is 4. The topological polar surface area (TPSA) is 113 Å². The zero-order chi connectivity index (χ0) is 22.5. The van der Waals surface area contributed by atoms with Crippen LogP contribution in [0.15, 0.2) is 53.6 Å². The third kappa shape index (κ3) is 3.69. The second-order valence-corrected chi connectivity index (χ2v) is 9.48. The van der Waals surface area contributed by atoms with Gasteiger partial charge in [0, 0.05) is 11.4 Å². The summed E-state index contributed by atoms with van der Waals surface area (Å²) in [4.78, 5) is 38.6. The molecule has 2 aliphatic rings. The maximum absolute atomic E-state index is 12.9. The van der Waals surface area contributed by atoms with Gasteiger partial charge in [0.15, 0.2) is 0 Å². The van der Waals surface area contributed by atoms with Crippen LogP contribution < -0.4 is 10.0 Å². The van der Waals surface area contributed by atoms with Gasteiger partial charge in [-0.05, 0) is 43.2 Å². The van der Waals surface area contributed by atoms with E-state index in [0.717, 1.165) is 4.90 Å². The first kappa shape index (κ1) is 21.4. The van der Waals surface area contributed by atoms with Gasteiger partial charge in [-0.25, -0.2) is 8.42 Å². The van der Waals surface area contributed by atoms with E-state index >= 15 is 0 Å². The van der Waals surface area contributed by atoms with E-state index in [9.17, 15) is 22.8 Å². The fraction of sp³-hybridized carbons (Fsp3) is 0.150. The quantitative estimate of drug-likeness (QED) is 0.653. The van der Waals surface area contributed by atoms with E-state index in [-0.39, 0.29) is 38.2 Å². The number of allylic oxidation sites excluding steroid dienone is 1. The Bertz CT molecular complexity index is 1280. The van der Waals surface area contributed by atoms with Crippen molar-refractivity contribution < 1.29 is 22.8 Å². The van der Waals surface area contributed by atoms with Gasteiger partial charge in [-0.2, -0.15) is 0 Å². The average molecular weight is 480 g/mol. The minimum Gasteiger partial charge on any atom is -0.329 e. The highest BCUT2D eigenvalue weighted by atomic mass is 35.5. The molecule has 4 rings (SSSR count). The molecule has 8 nitrogen and oxygen atoms in total. The van der Waals surface area contributed by atoms with Crippen molar-refractivity contribution in [3.05, 3.63) is 69.8 Å². The predicted octanol–water partition coefficient (Wildman–Crippen LogP) is 3.18. The molecule has 160 valence electrons. The number of nitrogens with one attached hydrogen (secondary N) is 2. The second kappa shape index (κ2) is 7.67. The highest BCUT2D eigenvalue weighted by Gasteiger charge is 2.44. The van der Waals surface area contributed by atoms with E-state index in [1.54, 1.807) is 0 Å². The second-order valence-electron chi connectivity index (χ2n) is 7.05. The van der Waals surface area contributed by atoms with Gasteiger partial charge < -0.3 is 5.32 Å². The van der Waals surface area contributed by atoms with E-state index in [1.165, 1.54) is 36.4 Å². The third-order valence-electron chi connectivity index (χ3n) is 5.01. The number of sulfonamides is 1. The SMILES string of the molecule is C=C1CCC(N2C(=O)c3ccc(NS(=O)(=O)c4cccc(Cl)c4Cl)cc3C2=O)C(=O)N1. The first-order valence-corrected chi connectivity index (χ1v) is 11.3. The van der Waals surface area contributed by atoms with Crippen LogP contribution in [0.25, 0.3) is 0 Å². The number of carbonyl (C=O) groups excluding carboxylic acids is 3. The van der Waals surface area contributed by atoms with Crippen LogP contribution >= 0.6 is 23.2 Å². The molecule has 31 heavy (non-hydrogen) atoms. The Morgan fingerprint density at radius 1 is 1.06 bits per heavy atom. The fourth-order valence-corrected chi connectivity index (χ4v) is 5.33. The minimum atomic E-state index is -4.11. The van der Waals surface area contributed by atoms with E-state index in [4.69, 9.17) is 23.2 Å². The number of amides is 3. The summed E-state index contributed by atoms with van der Waals surface area (Å²) in [5.74, 6) is -1.77. The molecule has 1 fully saturated rings. The van der Waals surface area contributed by atoms with Crippen LogP contribution in [-0.4, -0.2) is 37.1 Å². The van der Waals surface area contributed by atoms with Gasteiger partial charge in [-0.3, -0.25) is 24.0 Å². The lowest BCUT2D eigenvalue weighted by molar-refractivity contribution is -0.125. The number of hydrogen-bond donors (Lipinski definition) is 2. The summed E-state index contributed by atoms with van der Waals surface area (Å²) in [6.45, 7) is 3.68. The fourth-order valence-electron chi connectivity index (χ4n) is 3.52. The first-order chi connectivity index (χ1) is 14.6. The molecule has 0 spiro atoms. The Kier molecular flexibility index (Phi) is 5.28. The van der Waals surface area contributed by atoms with Crippen molar-refractivity contribution in [3.8, 4) is 0 Å². The van der Waals surface area contributed by atoms with Crippen molar-refractivity contribution >= 4 is 56.6 Å². The van der Waals surface area contributed by atoms with Crippen molar-refractivity contribution in [1.82, 2.24) is 10.2 Å². The van der Waals surface area contributed by atoms with Crippen molar-refractivity contribution in [2.24, 2.45) is 0 Å². The maximum Gasteiger partial charge on any atom is 0.263 e. The highest BCUT2D eigenvalue weighted by molar-refractivity contribution is 7.92. The van der Waals surface area contributed by atoms with Crippen LogP contribution in [0.1, 0.15) is 33.6 Å². The van der Waals surface area contributed by atoms with Crippen LogP contribution in [0.5, 0.6) is 0 Å². The van der Waals surface area contributed by atoms with Gasteiger partial charge >= 0.3 is 0 Å². The Hall–Kier alpha value is -2.88.